The van der Waals surface area contributed by atoms with E-state index in [1.165, 1.54) is 0 Å². The molecule has 1 unspecified atom stereocenters. The Kier molecular flexibility index (Phi) is 6.23. The molecule has 2 aromatic rings. The number of anilines is 1. The van der Waals surface area contributed by atoms with Gasteiger partial charge in [0.15, 0.2) is 0 Å². The number of carbonyl (C=O) groups is 1. The molecule has 1 atom stereocenters. The number of aryl methyl sites for hydroxylation is 1. The van der Waals surface area contributed by atoms with Gasteiger partial charge in [-0.05, 0) is 7.05 Å². The third-order valence-electron chi connectivity index (χ3n) is 3.20. The van der Waals surface area contributed by atoms with Gasteiger partial charge in [0.1, 0.15) is 11.9 Å². The van der Waals surface area contributed by atoms with Crippen molar-refractivity contribution in [3.8, 4) is 0 Å². The van der Waals surface area contributed by atoms with E-state index in [0.29, 0.717) is 5.69 Å². The molecule has 0 aliphatic rings. The minimum absolute atomic E-state index is 0. The summed E-state index contributed by atoms with van der Waals surface area (Å²) < 4.78 is 1.66. The van der Waals surface area contributed by atoms with Crippen LogP contribution in [0.4, 0.5) is 5.69 Å². The minimum atomic E-state index is -0.476. The molecule has 0 aliphatic carbocycles. The molecule has 23 heavy (non-hydrogen) atoms. The summed E-state index contributed by atoms with van der Waals surface area (Å²) in [6.07, 6.45) is 6.72. The molecule has 7 nitrogen and oxygen atoms in total. The van der Waals surface area contributed by atoms with Crippen molar-refractivity contribution in [1.29, 1.82) is 0 Å². The predicted octanol–water partition coefficient (Wildman–Crippen LogP) is 1.83. The van der Waals surface area contributed by atoms with E-state index in [-0.39, 0.29) is 23.7 Å². The van der Waals surface area contributed by atoms with Crippen molar-refractivity contribution in [1.82, 2.24) is 25.1 Å². The van der Waals surface area contributed by atoms with Crippen molar-refractivity contribution in [3.05, 3.63) is 36.2 Å². The number of amides is 1. The van der Waals surface area contributed by atoms with Gasteiger partial charge in [-0.3, -0.25) is 9.48 Å². The Morgan fingerprint density at radius 1 is 1.22 bits per heavy atom. The molecule has 2 N–H and O–H groups in total. The van der Waals surface area contributed by atoms with E-state index in [0.717, 1.165) is 11.4 Å². The normalized spacial score (nSPS) is 12.4. The van der Waals surface area contributed by atoms with Gasteiger partial charge in [-0.2, -0.15) is 5.10 Å². The van der Waals surface area contributed by atoms with Crippen LogP contribution in [0.1, 0.15) is 38.2 Å². The quantitative estimate of drug-likeness (QED) is 0.888. The van der Waals surface area contributed by atoms with E-state index in [9.17, 15) is 4.79 Å². The summed E-state index contributed by atoms with van der Waals surface area (Å²) in [5.41, 5.74) is 1.25. The summed E-state index contributed by atoms with van der Waals surface area (Å²) in [7, 11) is 3.55. The zero-order chi connectivity index (χ0) is 16.3. The molecule has 0 saturated heterocycles. The number of hydrogen-bond acceptors (Lipinski definition) is 5. The lowest BCUT2D eigenvalue weighted by Crippen LogP contribution is -2.30. The molecule has 0 spiro atoms. The van der Waals surface area contributed by atoms with Crippen LogP contribution in [0.3, 0.4) is 0 Å². The van der Waals surface area contributed by atoms with E-state index in [1.54, 1.807) is 36.5 Å². The highest BCUT2D eigenvalue weighted by Crippen LogP contribution is 2.19. The zero-order valence-electron chi connectivity index (χ0n) is 14.0. The largest absolute Gasteiger partial charge is 0.322 e. The van der Waals surface area contributed by atoms with Crippen molar-refractivity contribution < 1.29 is 4.79 Å². The molecular formula is C15H23ClN6O. The molecule has 0 radical (unpaired) electrons. The number of nitrogens with zero attached hydrogens (tertiary/aromatic N) is 4. The average Bonchev–Trinajstić information content (AvgIpc) is 2.85. The number of halogens is 1. The molecule has 8 heteroatoms. The molecule has 2 rings (SSSR count). The lowest BCUT2D eigenvalue weighted by molar-refractivity contribution is -0.118. The molecule has 2 heterocycles. The first-order chi connectivity index (χ1) is 10.3. The highest BCUT2D eigenvalue weighted by atomic mass is 35.5. The summed E-state index contributed by atoms with van der Waals surface area (Å²) in [4.78, 5) is 21.0. The number of rotatable bonds is 4. The number of aromatic nitrogens is 4. The summed E-state index contributed by atoms with van der Waals surface area (Å²) in [6, 6.07) is -0.476. The second kappa shape index (κ2) is 7.52. The highest BCUT2D eigenvalue weighted by molar-refractivity contribution is 5.95. The van der Waals surface area contributed by atoms with Gasteiger partial charge >= 0.3 is 0 Å². The van der Waals surface area contributed by atoms with Crippen LogP contribution < -0.4 is 10.6 Å². The number of carbonyl (C=O) groups excluding carboxylic acids is 1. The fourth-order valence-corrected chi connectivity index (χ4v) is 2.03. The van der Waals surface area contributed by atoms with Gasteiger partial charge in [0.05, 0.1) is 24.3 Å². The maximum absolute atomic E-state index is 12.4. The van der Waals surface area contributed by atoms with Gasteiger partial charge in [-0.25, -0.2) is 9.97 Å². The fourth-order valence-electron chi connectivity index (χ4n) is 2.03. The topological polar surface area (TPSA) is 84.7 Å². The number of hydrogen-bond donors (Lipinski definition) is 2. The van der Waals surface area contributed by atoms with Crippen LogP contribution in [0.15, 0.2) is 24.8 Å². The predicted molar refractivity (Wildman–Crippen MR) is 91.6 cm³/mol. The Hall–Kier alpha value is -1.99. The molecule has 0 saturated carbocycles. The van der Waals surface area contributed by atoms with Crippen LogP contribution in [0.5, 0.6) is 0 Å². The molecule has 0 aromatic carbocycles. The Bertz CT molecular complexity index is 647. The van der Waals surface area contributed by atoms with Crippen molar-refractivity contribution in [2.75, 3.05) is 12.4 Å². The van der Waals surface area contributed by atoms with E-state index < -0.39 is 6.04 Å². The first-order valence-electron chi connectivity index (χ1n) is 7.10. The Balaban J connectivity index is 0.00000264. The van der Waals surface area contributed by atoms with Crippen LogP contribution in [0.2, 0.25) is 0 Å². The molecule has 0 bridgehead atoms. The van der Waals surface area contributed by atoms with Gasteiger partial charge in [0.2, 0.25) is 5.91 Å². The second-order valence-corrected chi connectivity index (χ2v) is 6.20. The Labute approximate surface area is 142 Å². The molecule has 126 valence electrons. The second-order valence-electron chi connectivity index (χ2n) is 6.20. The summed E-state index contributed by atoms with van der Waals surface area (Å²) in [5, 5.41) is 9.88. The van der Waals surface area contributed by atoms with Crippen LogP contribution in [0, 0.1) is 0 Å². The van der Waals surface area contributed by atoms with Crippen LogP contribution in [-0.4, -0.2) is 32.7 Å². The van der Waals surface area contributed by atoms with Crippen molar-refractivity contribution in [3.63, 3.8) is 0 Å². The van der Waals surface area contributed by atoms with Crippen LogP contribution >= 0.6 is 12.4 Å². The first kappa shape index (κ1) is 19.1. The molecular weight excluding hydrogens is 316 g/mol. The molecule has 0 aliphatic heterocycles. The lowest BCUT2D eigenvalue weighted by Gasteiger charge is -2.17. The maximum atomic E-state index is 12.4. The Morgan fingerprint density at radius 2 is 1.83 bits per heavy atom. The van der Waals surface area contributed by atoms with E-state index in [1.807, 2.05) is 27.8 Å². The van der Waals surface area contributed by atoms with Crippen molar-refractivity contribution in [2.24, 2.45) is 7.05 Å². The van der Waals surface area contributed by atoms with Crippen LogP contribution in [-0.2, 0) is 17.3 Å². The van der Waals surface area contributed by atoms with E-state index in [2.05, 4.69) is 25.7 Å². The van der Waals surface area contributed by atoms with Crippen molar-refractivity contribution >= 4 is 24.0 Å². The average molecular weight is 339 g/mol. The van der Waals surface area contributed by atoms with E-state index >= 15 is 0 Å². The maximum Gasteiger partial charge on any atom is 0.246 e. The van der Waals surface area contributed by atoms with Crippen LogP contribution in [0.25, 0.3) is 0 Å². The van der Waals surface area contributed by atoms with Gasteiger partial charge in [-0.1, -0.05) is 20.8 Å². The van der Waals surface area contributed by atoms with Gasteiger partial charge in [-0.15, -0.1) is 12.4 Å². The standard InChI is InChI=1S/C15H22N6O.ClH/c1-15(2,3)14-17-7-11(8-18-14)20-13(22)12(16-4)10-6-19-21(5)9-10;/h6-9,12,16H,1-5H3,(H,20,22);1H. The minimum Gasteiger partial charge on any atom is -0.322 e. The smallest absolute Gasteiger partial charge is 0.246 e. The summed E-state index contributed by atoms with van der Waals surface area (Å²) >= 11 is 0. The highest BCUT2D eigenvalue weighted by Gasteiger charge is 2.21. The summed E-state index contributed by atoms with van der Waals surface area (Å²) in [6.45, 7) is 6.13. The number of nitrogens with one attached hydrogen (secondary N) is 2. The SMILES string of the molecule is CNC(C(=O)Nc1cnc(C(C)(C)C)nc1)c1cnn(C)c1.Cl. The van der Waals surface area contributed by atoms with Gasteiger partial charge in [0, 0.05) is 24.2 Å². The Morgan fingerprint density at radius 3 is 2.26 bits per heavy atom. The molecule has 2 aromatic heterocycles. The van der Waals surface area contributed by atoms with E-state index in [4.69, 9.17) is 0 Å². The number of likely N-dealkylation sites (N-methyl/N-ethyl adjacent to an activating group) is 1. The third-order valence-corrected chi connectivity index (χ3v) is 3.20. The monoisotopic (exact) mass is 338 g/mol. The van der Waals surface area contributed by atoms with Gasteiger partial charge in [0.25, 0.3) is 0 Å². The summed E-state index contributed by atoms with van der Waals surface area (Å²) in [5.74, 6) is 0.561. The zero-order valence-corrected chi connectivity index (χ0v) is 14.8. The van der Waals surface area contributed by atoms with Gasteiger partial charge < -0.3 is 10.6 Å². The fraction of sp³-hybridized carbons (Fsp3) is 0.467. The molecule has 0 fully saturated rings. The first-order valence-corrected chi connectivity index (χ1v) is 7.10. The molecule has 1 amide bonds. The lowest BCUT2D eigenvalue weighted by atomic mass is 9.96. The third kappa shape index (κ3) is 4.74. The van der Waals surface area contributed by atoms with Crippen molar-refractivity contribution in [2.45, 2.75) is 32.2 Å².